The summed E-state index contributed by atoms with van der Waals surface area (Å²) >= 11 is 1.91. The molecule has 2 atom stereocenters. The van der Waals surface area contributed by atoms with Gasteiger partial charge in [0.2, 0.25) is 0 Å². The SMILES string of the molecule is COC(=O)C(C)(O)CN1CCSCC1C. The fraction of sp³-hybridized carbons (Fsp3) is 0.900. The van der Waals surface area contributed by atoms with Crippen molar-refractivity contribution in [3.05, 3.63) is 0 Å². The molecule has 0 spiro atoms. The van der Waals surface area contributed by atoms with Crippen molar-refractivity contribution in [2.24, 2.45) is 0 Å². The molecular formula is C10H19NO3S. The molecule has 1 aliphatic heterocycles. The van der Waals surface area contributed by atoms with E-state index in [0.717, 1.165) is 18.1 Å². The first-order valence-corrected chi connectivity index (χ1v) is 6.25. The number of thioether (sulfide) groups is 1. The summed E-state index contributed by atoms with van der Waals surface area (Å²) in [6, 6.07) is 0.403. The van der Waals surface area contributed by atoms with E-state index in [4.69, 9.17) is 0 Å². The molecule has 0 radical (unpaired) electrons. The van der Waals surface area contributed by atoms with Gasteiger partial charge in [-0.3, -0.25) is 4.90 Å². The Bertz CT molecular complexity index is 233. The largest absolute Gasteiger partial charge is 0.467 e. The highest BCUT2D eigenvalue weighted by atomic mass is 32.2. The fourth-order valence-electron chi connectivity index (χ4n) is 1.68. The predicted molar refractivity (Wildman–Crippen MR) is 61.0 cm³/mol. The van der Waals surface area contributed by atoms with Crippen molar-refractivity contribution in [1.29, 1.82) is 0 Å². The van der Waals surface area contributed by atoms with E-state index in [-0.39, 0.29) is 0 Å². The molecule has 0 bridgehead atoms. The third kappa shape index (κ3) is 3.36. The maximum atomic E-state index is 11.3. The Labute approximate surface area is 95.0 Å². The van der Waals surface area contributed by atoms with Crippen LogP contribution in [-0.2, 0) is 9.53 Å². The van der Waals surface area contributed by atoms with Gasteiger partial charge < -0.3 is 9.84 Å². The molecule has 0 amide bonds. The molecule has 1 heterocycles. The van der Waals surface area contributed by atoms with Crippen molar-refractivity contribution >= 4 is 17.7 Å². The van der Waals surface area contributed by atoms with Gasteiger partial charge in [0.15, 0.2) is 5.60 Å². The van der Waals surface area contributed by atoms with Gasteiger partial charge in [-0.2, -0.15) is 11.8 Å². The zero-order valence-corrected chi connectivity index (χ0v) is 10.3. The second-order valence-electron chi connectivity index (χ2n) is 4.16. The second kappa shape index (κ2) is 5.18. The molecule has 0 aliphatic carbocycles. The number of aliphatic hydroxyl groups is 1. The van der Waals surface area contributed by atoms with E-state index in [1.54, 1.807) is 0 Å². The number of carbonyl (C=O) groups excluding carboxylic acids is 1. The van der Waals surface area contributed by atoms with Gasteiger partial charge in [0.1, 0.15) is 0 Å². The molecule has 88 valence electrons. The molecule has 1 aliphatic rings. The standard InChI is InChI=1S/C10H19NO3S/c1-8-6-15-5-4-11(8)7-10(2,13)9(12)14-3/h8,13H,4-7H2,1-3H3. The normalized spacial score (nSPS) is 27.1. The molecule has 1 rings (SSSR count). The van der Waals surface area contributed by atoms with E-state index in [0.29, 0.717) is 12.6 Å². The number of nitrogens with zero attached hydrogens (tertiary/aromatic N) is 1. The summed E-state index contributed by atoms with van der Waals surface area (Å²) in [6.45, 7) is 4.88. The van der Waals surface area contributed by atoms with Crippen LogP contribution in [-0.4, -0.2) is 59.3 Å². The molecule has 2 unspecified atom stereocenters. The highest BCUT2D eigenvalue weighted by Crippen LogP contribution is 2.19. The Balaban J connectivity index is 2.55. The average molecular weight is 233 g/mol. The summed E-state index contributed by atoms with van der Waals surface area (Å²) in [6.07, 6.45) is 0. The summed E-state index contributed by atoms with van der Waals surface area (Å²) in [5, 5.41) is 9.93. The number of hydrogen-bond donors (Lipinski definition) is 1. The minimum atomic E-state index is -1.40. The zero-order chi connectivity index (χ0) is 11.5. The van der Waals surface area contributed by atoms with Crippen molar-refractivity contribution in [3.63, 3.8) is 0 Å². The van der Waals surface area contributed by atoms with Gasteiger partial charge in [-0.05, 0) is 13.8 Å². The zero-order valence-electron chi connectivity index (χ0n) is 9.52. The van der Waals surface area contributed by atoms with Gasteiger partial charge in [-0.1, -0.05) is 0 Å². The maximum Gasteiger partial charge on any atom is 0.338 e. The highest BCUT2D eigenvalue weighted by Gasteiger charge is 2.35. The van der Waals surface area contributed by atoms with E-state index in [1.165, 1.54) is 14.0 Å². The Morgan fingerprint density at radius 3 is 2.93 bits per heavy atom. The smallest absolute Gasteiger partial charge is 0.338 e. The minimum absolute atomic E-state index is 0.349. The van der Waals surface area contributed by atoms with E-state index < -0.39 is 11.6 Å². The quantitative estimate of drug-likeness (QED) is 0.713. The van der Waals surface area contributed by atoms with Crippen LogP contribution >= 0.6 is 11.8 Å². The Morgan fingerprint density at radius 1 is 1.73 bits per heavy atom. The topological polar surface area (TPSA) is 49.8 Å². The first-order valence-electron chi connectivity index (χ1n) is 5.10. The van der Waals surface area contributed by atoms with Crippen molar-refractivity contribution in [2.45, 2.75) is 25.5 Å². The monoisotopic (exact) mass is 233 g/mol. The highest BCUT2D eigenvalue weighted by molar-refractivity contribution is 7.99. The Kier molecular flexibility index (Phi) is 4.43. The molecule has 4 nitrogen and oxygen atoms in total. The van der Waals surface area contributed by atoms with Crippen molar-refractivity contribution in [2.75, 3.05) is 31.7 Å². The number of rotatable bonds is 3. The molecule has 1 fully saturated rings. The maximum absolute atomic E-state index is 11.3. The summed E-state index contributed by atoms with van der Waals surface area (Å²) in [5.41, 5.74) is -1.40. The summed E-state index contributed by atoms with van der Waals surface area (Å²) in [7, 11) is 1.30. The van der Waals surface area contributed by atoms with Crippen LogP contribution in [0.1, 0.15) is 13.8 Å². The first-order chi connectivity index (χ1) is 6.97. The Morgan fingerprint density at radius 2 is 2.40 bits per heavy atom. The van der Waals surface area contributed by atoms with E-state index in [2.05, 4.69) is 16.6 Å². The summed E-state index contributed by atoms with van der Waals surface area (Å²) < 4.78 is 4.57. The van der Waals surface area contributed by atoms with Crippen molar-refractivity contribution < 1.29 is 14.6 Å². The predicted octanol–water partition coefficient (Wildman–Crippen LogP) is 0.348. The van der Waals surface area contributed by atoms with Gasteiger partial charge in [0.05, 0.1) is 7.11 Å². The fourth-order valence-corrected chi connectivity index (χ4v) is 2.76. The van der Waals surface area contributed by atoms with Gasteiger partial charge in [-0.25, -0.2) is 4.79 Å². The number of esters is 1. The lowest BCUT2D eigenvalue weighted by molar-refractivity contribution is -0.162. The Hall–Kier alpha value is -0.260. The van der Waals surface area contributed by atoms with Crippen molar-refractivity contribution in [3.8, 4) is 0 Å². The number of β-amino-alcohol motifs (C(OH)–C–C–N with tert-alkyl or cyclic N) is 1. The lowest BCUT2D eigenvalue weighted by Crippen LogP contribution is -2.52. The molecule has 1 saturated heterocycles. The summed E-state index contributed by atoms with van der Waals surface area (Å²) in [5.74, 6) is 1.55. The van der Waals surface area contributed by atoms with Gasteiger partial charge in [-0.15, -0.1) is 0 Å². The molecule has 0 saturated carbocycles. The minimum Gasteiger partial charge on any atom is -0.467 e. The van der Waals surface area contributed by atoms with E-state index in [9.17, 15) is 9.90 Å². The number of carbonyl (C=O) groups is 1. The average Bonchev–Trinajstić information content (AvgIpc) is 2.20. The van der Waals surface area contributed by atoms with Crippen LogP contribution in [0, 0.1) is 0 Å². The van der Waals surface area contributed by atoms with Crippen LogP contribution in [0.15, 0.2) is 0 Å². The van der Waals surface area contributed by atoms with Crippen LogP contribution in [0.25, 0.3) is 0 Å². The van der Waals surface area contributed by atoms with Gasteiger partial charge in [0.25, 0.3) is 0 Å². The third-order valence-electron chi connectivity index (χ3n) is 2.64. The number of methoxy groups -OCH3 is 1. The lowest BCUT2D eigenvalue weighted by Gasteiger charge is -2.36. The molecule has 1 N–H and O–H groups in total. The molecule has 0 aromatic carbocycles. The molecular weight excluding hydrogens is 214 g/mol. The number of hydrogen-bond acceptors (Lipinski definition) is 5. The van der Waals surface area contributed by atoms with E-state index in [1.807, 2.05) is 11.8 Å². The molecule has 0 aromatic rings. The molecule has 5 heteroatoms. The van der Waals surface area contributed by atoms with Crippen molar-refractivity contribution in [1.82, 2.24) is 4.90 Å². The van der Waals surface area contributed by atoms with Crippen LogP contribution in [0.2, 0.25) is 0 Å². The molecule has 15 heavy (non-hydrogen) atoms. The first kappa shape index (κ1) is 12.8. The van der Waals surface area contributed by atoms with E-state index >= 15 is 0 Å². The van der Waals surface area contributed by atoms with Crippen LogP contribution in [0.3, 0.4) is 0 Å². The summed E-state index contributed by atoms with van der Waals surface area (Å²) in [4.78, 5) is 13.4. The van der Waals surface area contributed by atoms with Gasteiger partial charge in [0, 0.05) is 30.6 Å². The van der Waals surface area contributed by atoms with Crippen LogP contribution < -0.4 is 0 Å². The third-order valence-corrected chi connectivity index (χ3v) is 3.83. The van der Waals surface area contributed by atoms with Gasteiger partial charge >= 0.3 is 5.97 Å². The second-order valence-corrected chi connectivity index (χ2v) is 5.31. The van der Waals surface area contributed by atoms with Crippen LogP contribution in [0.5, 0.6) is 0 Å². The van der Waals surface area contributed by atoms with Crippen LogP contribution in [0.4, 0.5) is 0 Å². The molecule has 0 aromatic heterocycles. The lowest BCUT2D eigenvalue weighted by atomic mass is 10.1. The number of ether oxygens (including phenoxy) is 1.